The van der Waals surface area contributed by atoms with Crippen LogP contribution in [-0.2, 0) is 4.74 Å². The third-order valence-electron chi connectivity index (χ3n) is 2.87. The molecular weight excluding hydrogens is 232 g/mol. The van der Waals surface area contributed by atoms with Crippen LogP contribution in [0.15, 0.2) is 30.3 Å². The Hall–Kier alpha value is -2.36. The molecular formula is C14H12O4. The topological polar surface area (TPSA) is 63.6 Å². The summed E-state index contributed by atoms with van der Waals surface area (Å²) in [4.78, 5) is 23.0. The van der Waals surface area contributed by atoms with Crippen LogP contribution in [-0.4, -0.2) is 24.2 Å². The van der Waals surface area contributed by atoms with Crippen LogP contribution < -0.4 is 0 Å². The number of esters is 1. The molecule has 0 heterocycles. The summed E-state index contributed by atoms with van der Waals surface area (Å²) in [5.41, 5.74) is 0.917. The molecule has 0 aliphatic rings. The van der Waals surface area contributed by atoms with Gasteiger partial charge in [-0.1, -0.05) is 24.3 Å². The Morgan fingerprint density at radius 2 is 1.89 bits per heavy atom. The van der Waals surface area contributed by atoms with E-state index >= 15 is 0 Å². The Morgan fingerprint density at radius 3 is 2.50 bits per heavy atom. The number of carboxylic acids is 1. The highest BCUT2D eigenvalue weighted by Gasteiger charge is 2.21. The fraction of sp³-hybridized carbons (Fsp3) is 0.143. The predicted molar refractivity (Wildman–Crippen MR) is 67.0 cm³/mol. The van der Waals surface area contributed by atoms with E-state index in [2.05, 4.69) is 4.74 Å². The van der Waals surface area contributed by atoms with Crippen molar-refractivity contribution in [3.63, 3.8) is 0 Å². The quantitative estimate of drug-likeness (QED) is 0.825. The number of carboxylic acid groups (broad SMARTS) is 1. The molecule has 0 aliphatic carbocycles. The van der Waals surface area contributed by atoms with Gasteiger partial charge in [-0.05, 0) is 29.3 Å². The Balaban J connectivity index is 2.93. The van der Waals surface area contributed by atoms with Crippen LogP contribution in [0, 0.1) is 6.92 Å². The molecule has 0 saturated carbocycles. The summed E-state index contributed by atoms with van der Waals surface area (Å²) in [6.45, 7) is 1.83. The smallest absolute Gasteiger partial charge is 0.339 e. The number of aryl methyl sites for hydroxylation is 1. The molecule has 0 atom stereocenters. The predicted octanol–water partition coefficient (Wildman–Crippen LogP) is 2.63. The van der Waals surface area contributed by atoms with Crippen molar-refractivity contribution in [1.82, 2.24) is 0 Å². The number of aromatic carboxylic acids is 1. The lowest BCUT2D eigenvalue weighted by Gasteiger charge is -2.10. The van der Waals surface area contributed by atoms with Crippen molar-refractivity contribution in [1.29, 1.82) is 0 Å². The fourth-order valence-electron chi connectivity index (χ4n) is 2.05. The number of benzene rings is 2. The highest BCUT2D eigenvalue weighted by atomic mass is 16.5. The largest absolute Gasteiger partial charge is 0.478 e. The van der Waals surface area contributed by atoms with Crippen molar-refractivity contribution in [2.45, 2.75) is 6.92 Å². The van der Waals surface area contributed by atoms with Crippen LogP contribution in [0.1, 0.15) is 26.3 Å². The monoisotopic (exact) mass is 244 g/mol. The number of rotatable bonds is 2. The molecule has 0 saturated heterocycles. The van der Waals surface area contributed by atoms with Crippen molar-refractivity contribution in [2.24, 2.45) is 0 Å². The summed E-state index contributed by atoms with van der Waals surface area (Å²) in [6.07, 6.45) is 0. The van der Waals surface area contributed by atoms with Crippen molar-refractivity contribution in [3.05, 3.63) is 47.0 Å². The highest BCUT2D eigenvalue weighted by Crippen LogP contribution is 2.26. The van der Waals surface area contributed by atoms with Gasteiger partial charge >= 0.3 is 11.9 Å². The number of hydrogen-bond acceptors (Lipinski definition) is 3. The molecule has 18 heavy (non-hydrogen) atoms. The first kappa shape index (κ1) is 12.1. The number of carbonyl (C=O) groups excluding carboxylic acids is 1. The molecule has 0 unspecified atom stereocenters. The molecule has 0 spiro atoms. The zero-order valence-corrected chi connectivity index (χ0v) is 10.1. The number of hydrogen-bond donors (Lipinski definition) is 1. The molecule has 1 N–H and O–H groups in total. The maximum Gasteiger partial charge on any atom is 0.339 e. The van der Waals surface area contributed by atoms with Crippen LogP contribution in [0.2, 0.25) is 0 Å². The first-order chi connectivity index (χ1) is 8.56. The van der Waals surface area contributed by atoms with E-state index in [1.165, 1.54) is 13.2 Å². The zero-order chi connectivity index (χ0) is 13.3. The SMILES string of the molecule is COC(=O)c1c(C(=O)O)ccc2cccc(C)c12. The average Bonchev–Trinajstić information content (AvgIpc) is 2.36. The van der Waals surface area contributed by atoms with Gasteiger partial charge in [0.15, 0.2) is 0 Å². The molecule has 2 aromatic carbocycles. The van der Waals surface area contributed by atoms with Crippen LogP contribution in [0.5, 0.6) is 0 Å². The number of carbonyl (C=O) groups is 2. The van der Waals surface area contributed by atoms with Gasteiger partial charge in [0, 0.05) is 0 Å². The van der Waals surface area contributed by atoms with Gasteiger partial charge in [0.25, 0.3) is 0 Å². The second-order valence-corrected chi connectivity index (χ2v) is 3.96. The molecule has 0 radical (unpaired) electrons. The molecule has 0 fully saturated rings. The number of fused-ring (bicyclic) bond motifs is 1. The molecule has 0 aromatic heterocycles. The summed E-state index contributed by atoms with van der Waals surface area (Å²) < 4.78 is 4.69. The normalized spacial score (nSPS) is 10.3. The second kappa shape index (κ2) is 4.49. The second-order valence-electron chi connectivity index (χ2n) is 3.96. The van der Waals surface area contributed by atoms with Gasteiger partial charge in [0.05, 0.1) is 18.2 Å². The van der Waals surface area contributed by atoms with Crippen LogP contribution in [0.3, 0.4) is 0 Å². The van der Waals surface area contributed by atoms with E-state index < -0.39 is 11.9 Å². The zero-order valence-electron chi connectivity index (χ0n) is 10.1. The summed E-state index contributed by atoms with van der Waals surface area (Å²) >= 11 is 0. The molecule has 4 heteroatoms. The van der Waals surface area contributed by atoms with E-state index in [1.54, 1.807) is 6.07 Å². The minimum atomic E-state index is -1.14. The molecule has 0 bridgehead atoms. The number of ether oxygens (including phenoxy) is 1. The van der Waals surface area contributed by atoms with E-state index in [9.17, 15) is 9.59 Å². The van der Waals surface area contributed by atoms with Crippen molar-refractivity contribution in [3.8, 4) is 0 Å². The first-order valence-electron chi connectivity index (χ1n) is 5.40. The lowest BCUT2D eigenvalue weighted by Crippen LogP contribution is -2.11. The summed E-state index contributed by atoms with van der Waals surface area (Å²) in [7, 11) is 1.24. The van der Waals surface area contributed by atoms with Gasteiger partial charge in [-0.15, -0.1) is 0 Å². The average molecular weight is 244 g/mol. The summed E-state index contributed by atoms with van der Waals surface area (Å²) in [5, 5.41) is 10.6. The maximum atomic E-state index is 11.8. The number of methoxy groups -OCH3 is 1. The van der Waals surface area contributed by atoms with Gasteiger partial charge in [-0.25, -0.2) is 9.59 Å². The highest BCUT2D eigenvalue weighted by molar-refractivity contribution is 6.13. The van der Waals surface area contributed by atoms with Crippen molar-refractivity contribution < 1.29 is 19.4 Å². The van der Waals surface area contributed by atoms with E-state index in [0.717, 1.165) is 10.9 Å². The van der Waals surface area contributed by atoms with E-state index in [1.807, 2.05) is 25.1 Å². The molecule has 92 valence electrons. The Labute approximate surface area is 104 Å². The van der Waals surface area contributed by atoms with E-state index in [0.29, 0.717) is 5.39 Å². The van der Waals surface area contributed by atoms with Crippen molar-refractivity contribution >= 4 is 22.7 Å². The molecule has 2 rings (SSSR count). The molecule has 0 amide bonds. The fourth-order valence-corrected chi connectivity index (χ4v) is 2.05. The minimum Gasteiger partial charge on any atom is -0.478 e. The maximum absolute atomic E-state index is 11.8. The Kier molecular flexibility index (Phi) is 3.02. The van der Waals surface area contributed by atoms with E-state index in [-0.39, 0.29) is 11.1 Å². The Morgan fingerprint density at radius 1 is 1.17 bits per heavy atom. The Bertz CT molecular complexity index is 644. The molecule has 4 nitrogen and oxygen atoms in total. The van der Waals surface area contributed by atoms with Gasteiger partial charge in [-0.2, -0.15) is 0 Å². The van der Waals surface area contributed by atoms with Gasteiger partial charge < -0.3 is 9.84 Å². The van der Waals surface area contributed by atoms with Crippen molar-refractivity contribution in [2.75, 3.05) is 7.11 Å². The third kappa shape index (κ3) is 1.82. The minimum absolute atomic E-state index is 0.0383. The van der Waals surface area contributed by atoms with Gasteiger partial charge in [0.2, 0.25) is 0 Å². The lowest BCUT2D eigenvalue weighted by atomic mass is 9.95. The van der Waals surface area contributed by atoms with Crippen LogP contribution >= 0.6 is 0 Å². The summed E-state index contributed by atoms with van der Waals surface area (Å²) in [6, 6.07) is 8.65. The molecule has 0 aliphatic heterocycles. The van der Waals surface area contributed by atoms with Crippen LogP contribution in [0.4, 0.5) is 0 Å². The van der Waals surface area contributed by atoms with Crippen LogP contribution in [0.25, 0.3) is 10.8 Å². The third-order valence-corrected chi connectivity index (χ3v) is 2.87. The summed E-state index contributed by atoms with van der Waals surface area (Å²) in [5.74, 6) is -1.77. The standard InChI is InChI=1S/C14H12O4/c1-8-4-3-5-9-6-7-10(13(15)16)12(11(8)9)14(17)18-2/h3-7H,1-2H3,(H,15,16). The first-order valence-corrected chi connectivity index (χ1v) is 5.40. The lowest BCUT2D eigenvalue weighted by molar-refractivity contribution is 0.0585. The van der Waals surface area contributed by atoms with E-state index in [4.69, 9.17) is 5.11 Å². The van der Waals surface area contributed by atoms with Gasteiger partial charge in [0.1, 0.15) is 0 Å². The molecule has 2 aromatic rings. The van der Waals surface area contributed by atoms with Gasteiger partial charge in [-0.3, -0.25) is 0 Å².